The fourth-order valence-corrected chi connectivity index (χ4v) is 5.64. The predicted octanol–water partition coefficient (Wildman–Crippen LogP) is 2.02. The summed E-state index contributed by atoms with van der Waals surface area (Å²) in [4.78, 5) is 21.2. The lowest BCUT2D eigenvalue weighted by Gasteiger charge is -2.58. The van der Waals surface area contributed by atoms with E-state index in [0.717, 1.165) is 50.6 Å². The van der Waals surface area contributed by atoms with Crippen molar-refractivity contribution in [2.45, 2.75) is 62.5 Å². The first kappa shape index (κ1) is 13.9. The molecule has 2 N–H and O–H groups in total. The molecular weight excluding hydrogens is 290 g/mol. The van der Waals surface area contributed by atoms with E-state index >= 15 is 0 Å². The van der Waals surface area contributed by atoms with Crippen molar-refractivity contribution in [1.29, 1.82) is 0 Å². The fourth-order valence-electron chi connectivity index (χ4n) is 5.64. The van der Waals surface area contributed by atoms with Crippen molar-refractivity contribution in [3.8, 4) is 0 Å². The molecule has 23 heavy (non-hydrogen) atoms. The van der Waals surface area contributed by atoms with Gasteiger partial charge in [0, 0.05) is 18.2 Å². The van der Waals surface area contributed by atoms with Crippen LogP contribution in [0.25, 0.3) is 0 Å². The van der Waals surface area contributed by atoms with Crippen LogP contribution in [0.5, 0.6) is 0 Å². The Hall–Kier alpha value is -1.49. The van der Waals surface area contributed by atoms with Crippen LogP contribution in [0.2, 0.25) is 0 Å². The molecule has 5 nitrogen and oxygen atoms in total. The third kappa shape index (κ3) is 2.28. The molecule has 1 aromatic heterocycles. The number of carbonyl (C=O) groups is 1. The van der Waals surface area contributed by atoms with Gasteiger partial charge in [-0.15, -0.1) is 0 Å². The number of hydrogen-bond donors (Lipinski definition) is 2. The lowest BCUT2D eigenvalue weighted by molar-refractivity contribution is -0.136. The van der Waals surface area contributed by atoms with Crippen molar-refractivity contribution in [3.05, 3.63) is 23.8 Å². The molecule has 0 radical (unpaired) electrons. The highest BCUT2D eigenvalue weighted by Gasteiger charge is 2.55. The maximum Gasteiger partial charge on any atom is 0.254 e. The first-order valence-corrected chi connectivity index (χ1v) is 8.94. The van der Waals surface area contributed by atoms with Crippen molar-refractivity contribution in [1.82, 2.24) is 15.3 Å². The van der Waals surface area contributed by atoms with Gasteiger partial charge in [0.2, 0.25) is 0 Å². The van der Waals surface area contributed by atoms with E-state index in [1.54, 1.807) is 12.5 Å². The van der Waals surface area contributed by atoms with Gasteiger partial charge in [-0.3, -0.25) is 4.79 Å². The molecule has 5 fully saturated rings. The normalized spacial score (nSPS) is 41.1. The van der Waals surface area contributed by atoms with Gasteiger partial charge in [-0.2, -0.15) is 0 Å². The molecule has 122 valence electrons. The van der Waals surface area contributed by atoms with Crippen LogP contribution in [0.1, 0.15) is 66.9 Å². The van der Waals surface area contributed by atoms with Gasteiger partial charge in [-0.05, 0) is 62.7 Å². The third-order valence-electron chi connectivity index (χ3n) is 6.49. The van der Waals surface area contributed by atoms with Crippen molar-refractivity contribution in [2.75, 3.05) is 0 Å². The molecule has 1 aromatic rings. The number of aliphatic hydroxyl groups is 1. The average molecular weight is 313 g/mol. The lowest BCUT2D eigenvalue weighted by atomic mass is 9.52. The van der Waals surface area contributed by atoms with E-state index in [9.17, 15) is 9.90 Å². The summed E-state index contributed by atoms with van der Waals surface area (Å²) in [6.45, 7) is 0. The highest BCUT2D eigenvalue weighted by atomic mass is 16.3. The number of nitrogens with zero attached hydrogens (tertiary/aromatic N) is 2. The minimum atomic E-state index is -0.452. The van der Waals surface area contributed by atoms with Gasteiger partial charge in [-0.25, -0.2) is 9.97 Å². The van der Waals surface area contributed by atoms with Crippen LogP contribution in [-0.4, -0.2) is 32.6 Å². The zero-order chi connectivity index (χ0) is 15.6. The summed E-state index contributed by atoms with van der Waals surface area (Å²) in [5, 5.41) is 14.0. The van der Waals surface area contributed by atoms with Gasteiger partial charge in [0.25, 0.3) is 5.91 Å². The molecule has 6 rings (SSSR count). The van der Waals surface area contributed by atoms with Crippen LogP contribution in [-0.2, 0) is 0 Å². The standard InChI is InChI=1S/C18H23N3O2/c22-17(14-8-19-9-20-16(14)11-1-2-11)21-15-12-3-10-4-13(15)7-18(23,5-10)6-12/h8-13,15,23H,1-7H2,(H,21,22)/t10?,12?,13?,15-,18+. The zero-order valence-electron chi connectivity index (χ0n) is 13.2. The van der Waals surface area contributed by atoms with E-state index in [1.807, 2.05) is 0 Å². The number of rotatable bonds is 3. The Kier molecular flexibility index (Phi) is 2.88. The second-order valence-electron chi connectivity index (χ2n) is 8.29. The molecule has 5 saturated carbocycles. The van der Waals surface area contributed by atoms with E-state index in [-0.39, 0.29) is 11.9 Å². The number of amides is 1. The monoisotopic (exact) mass is 313 g/mol. The predicted molar refractivity (Wildman–Crippen MR) is 83.8 cm³/mol. The molecule has 5 aliphatic rings. The summed E-state index contributed by atoms with van der Waals surface area (Å²) in [5.74, 6) is 1.95. The van der Waals surface area contributed by atoms with Crippen molar-refractivity contribution in [3.63, 3.8) is 0 Å². The van der Waals surface area contributed by atoms with Crippen molar-refractivity contribution in [2.24, 2.45) is 17.8 Å². The molecule has 4 bridgehead atoms. The smallest absolute Gasteiger partial charge is 0.254 e. The topological polar surface area (TPSA) is 75.1 Å². The maximum atomic E-state index is 12.8. The minimum Gasteiger partial charge on any atom is -0.390 e. The van der Waals surface area contributed by atoms with E-state index < -0.39 is 5.60 Å². The summed E-state index contributed by atoms with van der Waals surface area (Å²) in [6.07, 6.45) is 10.5. The molecule has 2 unspecified atom stereocenters. The van der Waals surface area contributed by atoms with Crippen LogP contribution in [0, 0.1) is 17.8 Å². The van der Waals surface area contributed by atoms with E-state index in [1.165, 1.54) is 0 Å². The average Bonchev–Trinajstić information content (AvgIpc) is 3.34. The third-order valence-corrected chi connectivity index (χ3v) is 6.49. The van der Waals surface area contributed by atoms with Crippen LogP contribution >= 0.6 is 0 Å². The molecule has 0 saturated heterocycles. The van der Waals surface area contributed by atoms with Crippen molar-refractivity contribution >= 4 is 5.91 Å². The zero-order valence-corrected chi connectivity index (χ0v) is 13.2. The molecule has 5 aliphatic carbocycles. The second-order valence-corrected chi connectivity index (χ2v) is 8.29. The highest BCUT2D eigenvalue weighted by molar-refractivity contribution is 5.95. The number of carbonyl (C=O) groups excluding carboxylic acids is 1. The molecule has 5 heteroatoms. The second kappa shape index (κ2) is 4.76. The van der Waals surface area contributed by atoms with Gasteiger partial charge in [0.15, 0.2) is 0 Å². The molecule has 1 heterocycles. The SMILES string of the molecule is O=C(N[C@H]1C2CC3CC1C[C@@](O)(C3)C2)c1cncnc1C1CC1. The molecule has 0 aromatic carbocycles. The van der Waals surface area contributed by atoms with Crippen molar-refractivity contribution < 1.29 is 9.90 Å². The van der Waals surface area contributed by atoms with Crippen LogP contribution in [0.15, 0.2) is 12.5 Å². The Bertz CT molecular complexity index is 641. The summed E-state index contributed by atoms with van der Waals surface area (Å²) in [6, 6.07) is 0.214. The molecule has 0 aliphatic heterocycles. The largest absolute Gasteiger partial charge is 0.390 e. The van der Waals surface area contributed by atoms with Gasteiger partial charge in [0.05, 0.1) is 16.9 Å². The molecule has 2 atom stereocenters. The summed E-state index contributed by atoms with van der Waals surface area (Å²) < 4.78 is 0. The molecule has 1 amide bonds. The lowest BCUT2D eigenvalue weighted by Crippen LogP contribution is -2.61. The first-order valence-electron chi connectivity index (χ1n) is 8.94. The Balaban J connectivity index is 1.37. The van der Waals surface area contributed by atoms with Crippen LogP contribution < -0.4 is 5.32 Å². The molecule has 0 spiro atoms. The van der Waals surface area contributed by atoms with Gasteiger partial charge < -0.3 is 10.4 Å². The fraction of sp³-hybridized carbons (Fsp3) is 0.722. The number of nitrogens with one attached hydrogen (secondary N) is 1. The number of hydrogen-bond acceptors (Lipinski definition) is 4. The first-order chi connectivity index (χ1) is 11.1. The number of aromatic nitrogens is 2. The van der Waals surface area contributed by atoms with E-state index in [4.69, 9.17) is 0 Å². The Morgan fingerprint density at radius 1 is 1.22 bits per heavy atom. The van der Waals surface area contributed by atoms with E-state index in [0.29, 0.717) is 29.2 Å². The Morgan fingerprint density at radius 3 is 2.61 bits per heavy atom. The van der Waals surface area contributed by atoms with Gasteiger partial charge >= 0.3 is 0 Å². The summed E-state index contributed by atoms with van der Waals surface area (Å²) in [7, 11) is 0. The van der Waals surface area contributed by atoms with Gasteiger partial charge in [0.1, 0.15) is 6.33 Å². The summed E-state index contributed by atoms with van der Waals surface area (Å²) in [5.41, 5.74) is 1.12. The Labute approximate surface area is 135 Å². The van der Waals surface area contributed by atoms with Gasteiger partial charge in [-0.1, -0.05) is 0 Å². The maximum absolute atomic E-state index is 12.8. The van der Waals surface area contributed by atoms with Crippen LogP contribution in [0.3, 0.4) is 0 Å². The summed E-state index contributed by atoms with van der Waals surface area (Å²) >= 11 is 0. The molecular formula is C18H23N3O2. The van der Waals surface area contributed by atoms with E-state index in [2.05, 4.69) is 15.3 Å². The minimum absolute atomic E-state index is 0.0167. The quantitative estimate of drug-likeness (QED) is 0.895. The Morgan fingerprint density at radius 2 is 1.96 bits per heavy atom. The highest BCUT2D eigenvalue weighted by Crippen LogP contribution is 2.55. The van der Waals surface area contributed by atoms with Crippen LogP contribution in [0.4, 0.5) is 0 Å².